The number of fused-ring (bicyclic) bond motifs is 3. The van der Waals surface area contributed by atoms with E-state index in [1.54, 1.807) is 10.4 Å². The fourth-order valence-corrected chi connectivity index (χ4v) is 4.70. The van der Waals surface area contributed by atoms with Gasteiger partial charge in [0.1, 0.15) is 16.5 Å². The van der Waals surface area contributed by atoms with Crippen LogP contribution in [0.3, 0.4) is 0 Å². The number of hydrogen-bond acceptors (Lipinski definition) is 4. The summed E-state index contributed by atoms with van der Waals surface area (Å²) in [4.78, 5) is 14.7. The van der Waals surface area contributed by atoms with Crippen LogP contribution in [0.1, 0.15) is 41.9 Å². The normalized spacial score (nSPS) is 19.1. The number of aromatic nitrogens is 2. The van der Waals surface area contributed by atoms with Crippen LogP contribution in [0.5, 0.6) is 0 Å². The summed E-state index contributed by atoms with van der Waals surface area (Å²) in [5, 5.41) is 1.38. The van der Waals surface area contributed by atoms with E-state index in [1.807, 2.05) is 18.3 Å². The molecule has 4 heteroatoms. The van der Waals surface area contributed by atoms with E-state index < -0.39 is 0 Å². The molecule has 0 unspecified atom stereocenters. The molecule has 0 atom stereocenters. The van der Waals surface area contributed by atoms with Crippen LogP contribution in [-0.4, -0.2) is 23.1 Å². The molecule has 19 heavy (non-hydrogen) atoms. The molecule has 0 radical (unpaired) electrons. The van der Waals surface area contributed by atoms with Crippen molar-refractivity contribution in [2.75, 3.05) is 18.0 Å². The van der Waals surface area contributed by atoms with Crippen molar-refractivity contribution < 1.29 is 0 Å². The molecule has 2 aromatic rings. The second kappa shape index (κ2) is 4.44. The van der Waals surface area contributed by atoms with Crippen LogP contribution >= 0.6 is 11.3 Å². The number of nitrogens with zero attached hydrogens (tertiary/aromatic N) is 3. The van der Waals surface area contributed by atoms with E-state index >= 15 is 0 Å². The van der Waals surface area contributed by atoms with Gasteiger partial charge in [-0.25, -0.2) is 9.97 Å². The van der Waals surface area contributed by atoms with Crippen molar-refractivity contribution in [3.05, 3.63) is 16.3 Å². The van der Waals surface area contributed by atoms with Gasteiger partial charge in [0.2, 0.25) is 0 Å². The topological polar surface area (TPSA) is 29.0 Å². The van der Waals surface area contributed by atoms with Gasteiger partial charge in [-0.2, -0.15) is 0 Å². The van der Waals surface area contributed by atoms with E-state index in [0.29, 0.717) is 0 Å². The van der Waals surface area contributed by atoms with Gasteiger partial charge in [0.15, 0.2) is 0 Å². The van der Waals surface area contributed by atoms with Crippen LogP contribution in [0, 0.1) is 6.92 Å². The Kier molecular flexibility index (Phi) is 2.72. The molecule has 2 aliphatic rings. The van der Waals surface area contributed by atoms with Crippen molar-refractivity contribution in [2.24, 2.45) is 0 Å². The molecule has 3 heterocycles. The fourth-order valence-electron chi connectivity index (χ4n) is 3.40. The average molecular weight is 273 g/mol. The smallest absolute Gasteiger partial charge is 0.141 e. The van der Waals surface area contributed by atoms with Crippen molar-refractivity contribution in [1.29, 1.82) is 0 Å². The lowest BCUT2D eigenvalue weighted by Gasteiger charge is -2.19. The maximum atomic E-state index is 4.79. The molecule has 1 saturated heterocycles. The minimum Gasteiger partial charge on any atom is -0.356 e. The Balaban J connectivity index is 1.96. The van der Waals surface area contributed by atoms with Crippen LogP contribution in [-0.2, 0) is 12.8 Å². The van der Waals surface area contributed by atoms with Crippen LogP contribution in [0.15, 0.2) is 0 Å². The summed E-state index contributed by atoms with van der Waals surface area (Å²) < 4.78 is 0. The van der Waals surface area contributed by atoms with Crippen LogP contribution < -0.4 is 4.90 Å². The summed E-state index contributed by atoms with van der Waals surface area (Å²) in [5.74, 6) is 2.15. The fraction of sp³-hybridized carbons (Fsp3) is 0.600. The van der Waals surface area contributed by atoms with Gasteiger partial charge in [-0.05, 0) is 51.0 Å². The lowest BCUT2D eigenvalue weighted by molar-refractivity contribution is 0.700. The highest BCUT2D eigenvalue weighted by molar-refractivity contribution is 7.19. The number of rotatable bonds is 1. The summed E-state index contributed by atoms with van der Waals surface area (Å²) >= 11 is 1.91. The van der Waals surface area contributed by atoms with Crippen molar-refractivity contribution in [3.63, 3.8) is 0 Å². The summed E-state index contributed by atoms with van der Waals surface area (Å²) in [6.07, 6.45) is 7.74. The van der Waals surface area contributed by atoms with Crippen LogP contribution in [0.2, 0.25) is 0 Å². The van der Waals surface area contributed by atoms with E-state index in [9.17, 15) is 0 Å². The third-order valence-electron chi connectivity index (χ3n) is 4.31. The van der Waals surface area contributed by atoms with E-state index in [4.69, 9.17) is 9.97 Å². The van der Waals surface area contributed by atoms with E-state index in [0.717, 1.165) is 18.9 Å². The van der Waals surface area contributed by atoms with E-state index in [2.05, 4.69) is 4.90 Å². The quantitative estimate of drug-likeness (QED) is 0.796. The van der Waals surface area contributed by atoms with Gasteiger partial charge in [-0.1, -0.05) is 0 Å². The number of aryl methyl sites for hydroxylation is 3. The highest BCUT2D eigenvalue weighted by Gasteiger charge is 2.24. The van der Waals surface area contributed by atoms with Gasteiger partial charge in [0.25, 0.3) is 0 Å². The third kappa shape index (κ3) is 1.84. The molecule has 100 valence electrons. The maximum Gasteiger partial charge on any atom is 0.141 e. The average Bonchev–Trinajstić information content (AvgIpc) is 3.04. The highest BCUT2D eigenvalue weighted by atomic mass is 32.1. The minimum atomic E-state index is 0.924. The minimum absolute atomic E-state index is 0.924. The summed E-state index contributed by atoms with van der Waals surface area (Å²) in [6, 6.07) is 0. The van der Waals surface area contributed by atoms with Crippen molar-refractivity contribution in [1.82, 2.24) is 9.97 Å². The molecule has 0 saturated carbocycles. The van der Waals surface area contributed by atoms with Gasteiger partial charge >= 0.3 is 0 Å². The Morgan fingerprint density at radius 2 is 1.79 bits per heavy atom. The second-order valence-electron chi connectivity index (χ2n) is 5.68. The predicted octanol–water partition coefficient (Wildman–Crippen LogP) is 3.48. The lowest BCUT2D eigenvalue weighted by Crippen LogP contribution is -2.20. The zero-order valence-corrected chi connectivity index (χ0v) is 12.2. The number of hydrogen-bond donors (Lipinski definition) is 0. The SMILES string of the molecule is Cc1nc(N2CCCC2)c2c3c(sc2n1)CCCC3. The number of thiophene rings is 1. The Hall–Kier alpha value is -1.16. The first-order chi connectivity index (χ1) is 9.33. The van der Waals surface area contributed by atoms with Gasteiger partial charge in [-0.3, -0.25) is 0 Å². The first-order valence-electron chi connectivity index (χ1n) is 7.37. The molecule has 1 fully saturated rings. The van der Waals surface area contributed by atoms with E-state index in [1.165, 1.54) is 54.6 Å². The molecule has 0 spiro atoms. The van der Waals surface area contributed by atoms with Crippen molar-refractivity contribution in [3.8, 4) is 0 Å². The molecule has 0 N–H and O–H groups in total. The Labute approximate surface area is 117 Å². The second-order valence-corrected chi connectivity index (χ2v) is 6.76. The monoisotopic (exact) mass is 273 g/mol. The summed E-state index contributed by atoms with van der Waals surface area (Å²) in [5.41, 5.74) is 1.56. The molecular formula is C15H19N3S. The van der Waals surface area contributed by atoms with Crippen LogP contribution in [0.25, 0.3) is 10.2 Å². The largest absolute Gasteiger partial charge is 0.356 e. The molecule has 1 aliphatic heterocycles. The van der Waals surface area contributed by atoms with E-state index in [-0.39, 0.29) is 0 Å². The standard InChI is InChI=1S/C15H19N3S/c1-10-16-14(18-8-4-5-9-18)13-11-6-2-3-7-12(11)19-15(13)17-10/h2-9H2,1H3. The van der Waals surface area contributed by atoms with Gasteiger partial charge in [0, 0.05) is 18.0 Å². The third-order valence-corrected chi connectivity index (χ3v) is 5.50. The molecule has 4 rings (SSSR count). The molecule has 3 nitrogen and oxygen atoms in total. The van der Waals surface area contributed by atoms with Gasteiger partial charge in [-0.15, -0.1) is 11.3 Å². The molecule has 2 aromatic heterocycles. The van der Waals surface area contributed by atoms with Crippen molar-refractivity contribution >= 4 is 27.4 Å². The van der Waals surface area contributed by atoms with Gasteiger partial charge in [0.05, 0.1) is 5.39 Å². The zero-order valence-electron chi connectivity index (χ0n) is 11.4. The first-order valence-corrected chi connectivity index (χ1v) is 8.18. The Bertz CT molecular complexity index is 626. The Morgan fingerprint density at radius 1 is 1.00 bits per heavy atom. The van der Waals surface area contributed by atoms with Gasteiger partial charge < -0.3 is 4.90 Å². The van der Waals surface area contributed by atoms with Crippen molar-refractivity contribution in [2.45, 2.75) is 45.4 Å². The Morgan fingerprint density at radius 3 is 2.63 bits per heavy atom. The maximum absolute atomic E-state index is 4.79. The summed E-state index contributed by atoms with van der Waals surface area (Å²) in [6.45, 7) is 4.35. The molecule has 0 bridgehead atoms. The van der Waals surface area contributed by atoms with Crippen LogP contribution in [0.4, 0.5) is 5.82 Å². The predicted molar refractivity (Wildman–Crippen MR) is 80.2 cm³/mol. The zero-order chi connectivity index (χ0) is 12.8. The number of anilines is 1. The first kappa shape index (κ1) is 11.6. The molecule has 1 aliphatic carbocycles. The summed E-state index contributed by atoms with van der Waals surface area (Å²) in [7, 11) is 0. The molecule has 0 aromatic carbocycles. The molecular weight excluding hydrogens is 254 g/mol. The highest BCUT2D eigenvalue weighted by Crippen LogP contribution is 2.40. The molecule has 0 amide bonds. The lowest BCUT2D eigenvalue weighted by atomic mass is 9.97.